The predicted octanol–water partition coefficient (Wildman–Crippen LogP) is 5.03. The third-order valence-corrected chi connectivity index (χ3v) is 4.79. The molecule has 0 aliphatic heterocycles. The Morgan fingerprint density at radius 3 is 2.53 bits per heavy atom. The number of pyridine rings is 1. The Labute approximate surface area is 202 Å². The highest BCUT2D eigenvalue weighted by molar-refractivity contribution is 6.02. The summed E-state index contributed by atoms with van der Waals surface area (Å²) in [5.74, 6) is 0.0192. The molecule has 0 spiro atoms. The van der Waals surface area contributed by atoms with Gasteiger partial charge in [-0.25, -0.2) is 4.98 Å². The molecule has 2 aromatic heterocycles. The van der Waals surface area contributed by atoms with Crippen molar-refractivity contribution in [3.63, 3.8) is 0 Å². The summed E-state index contributed by atoms with van der Waals surface area (Å²) in [4.78, 5) is 34.5. The standard InChI is InChI=1S/C25H18F3N5O3/c26-25(27,28)16-4-2-5-17(12-16)32-22(34)8-7-15-3-1-6-18(11-15)36-19-9-10-30-20(13-19)24-31-14-21(33-24)23(29)35/h1-14H,(H2,29,35)(H,31,33)(H,32,34)/b8-7+. The molecular formula is C25H18F3N5O3. The van der Waals surface area contributed by atoms with Gasteiger partial charge in [-0.3, -0.25) is 14.6 Å². The Morgan fingerprint density at radius 2 is 1.78 bits per heavy atom. The zero-order valence-electron chi connectivity index (χ0n) is 18.4. The van der Waals surface area contributed by atoms with Crippen molar-refractivity contribution < 1.29 is 27.5 Å². The molecule has 0 fully saturated rings. The Morgan fingerprint density at radius 1 is 1.00 bits per heavy atom. The number of nitrogens with two attached hydrogens (primary N) is 1. The van der Waals surface area contributed by atoms with Crippen molar-refractivity contribution in [2.75, 3.05) is 5.32 Å². The molecule has 4 N–H and O–H groups in total. The van der Waals surface area contributed by atoms with E-state index in [0.29, 0.717) is 28.6 Å². The van der Waals surface area contributed by atoms with Gasteiger partial charge in [0.25, 0.3) is 5.91 Å². The van der Waals surface area contributed by atoms with Crippen molar-refractivity contribution in [1.29, 1.82) is 0 Å². The van der Waals surface area contributed by atoms with Gasteiger partial charge in [-0.05, 0) is 48.0 Å². The molecule has 0 saturated heterocycles. The maximum atomic E-state index is 12.8. The van der Waals surface area contributed by atoms with E-state index >= 15 is 0 Å². The summed E-state index contributed by atoms with van der Waals surface area (Å²) in [7, 11) is 0. The summed E-state index contributed by atoms with van der Waals surface area (Å²) in [6.07, 6.45) is 1.03. The monoisotopic (exact) mass is 493 g/mol. The number of rotatable bonds is 7. The third kappa shape index (κ3) is 6.14. The summed E-state index contributed by atoms with van der Waals surface area (Å²) in [5.41, 5.74) is 5.61. The molecule has 2 amide bonds. The lowest BCUT2D eigenvalue weighted by Crippen LogP contribution is -2.11. The molecule has 36 heavy (non-hydrogen) atoms. The number of hydrogen-bond acceptors (Lipinski definition) is 5. The highest BCUT2D eigenvalue weighted by Crippen LogP contribution is 2.30. The van der Waals surface area contributed by atoms with Crippen LogP contribution in [0.25, 0.3) is 17.6 Å². The number of carbonyl (C=O) groups is 2. The number of anilines is 1. The van der Waals surface area contributed by atoms with Crippen LogP contribution in [0.4, 0.5) is 18.9 Å². The van der Waals surface area contributed by atoms with Gasteiger partial charge in [0, 0.05) is 24.0 Å². The number of aromatic amines is 1. The first-order valence-electron chi connectivity index (χ1n) is 10.4. The van der Waals surface area contributed by atoms with Crippen LogP contribution in [0.1, 0.15) is 21.6 Å². The number of nitrogens with zero attached hydrogens (tertiary/aromatic N) is 2. The topological polar surface area (TPSA) is 123 Å². The largest absolute Gasteiger partial charge is 0.457 e. The second kappa shape index (κ2) is 10.1. The number of ether oxygens (including phenoxy) is 1. The number of benzene rings is 2. The quantitative estimate of drug-likeness (QED) is 0.312. The molecule has 2 heterocycles. The van der Waals surface area contributed by atoms with Gasteiger partial charge in [0.1, 0.15) is 22.9 Å². The molecule has 182 valence electrons. The average Bonchev–Trinajstić information content (AvgIpc) is 3.34. The molecule has 0 unspecified atom stereocenters. The summed E-state index contributed by atoms with van der Waals surface area (Å²) >= 11 is 0. The fraction of sp³-hybridized carbons (Fsp3) is 0.0400. The van der Waals surface area contributed by atoms with E-state index in [1.807, 2.05) is 0 Å². The normalized spacial score (nSPS) is 11.4. The fourth-order valence-electron chi connectivity index (χ4n) is 3.13. The van der Waals surface area contributed by atoms with Gasteiger partial charge < -0.3 is 20.8 Å². The van der Waals surface area contributed by atoms with Gasteiger partial charge >= 0.3 is 6.18 Å². The van der Waals surface area contributed by atoms with E-state index in [0.717, 1.165) is 12.1 Å². The summed E-state index contributed by atoms with van der Waals surface area (Å²) in [6.45, 7) is 0. The number of halogens is 3. The molecule has 0 aliphatic rings. The summed E-state index contributed by atoms with van der Waals surface area (Å²) in [5, 5.41) is 2.41. The Bertz CT molecular complexity index is 1450. The highest BCUT2D eigenvalue weighted by Gasteiger charge is 2.30. The van der Waals surface area contributed by atoms with Crippen LogP contribution in [-0.4, -0.2) is 26.8 Å². The lowest BCUT2D eigenvalue weighted by Gasteiger charge is -2.09. The maximum absolute atomic E-state index is 12.8. The summed E-state index contributed by atoms with van der Waals surface area (Å²) in [6, 6.07) is 14.5. The smallest absolute Gasteiger partial charge is 0.416 e. The van der Waals surface area contributed by atoms with Crippen molar-refractivity contribution in [3.05, 3.63) is 96.0 Å². The Balaban J connectivity index is 1.43. The number of primary amides is 1. The van der Waals surface area contributed by atoms with Crippen LogP contribution in [0.5, 0.6) is 11.5 Å². The van der Waals surface area contributed by atoms with Crippen molar-refractivity contribution in [2.45, 2.75) is 6.18 Å². The van der Waals surface area contributed by atoms with Gasteiger partial charge in [-0.2, -0.15) is 13.2 Å². The van der Waals surface area contributed by atoms with Crippen LogP contribution < -0.4 is 15.8 Å². The number of nitrogens with one attached hydrogen (secondary N) is 2. The number of aromatic nitrogens is 3. The van der Waals surface area contributed by atoms with Crippen LogP contribution in [-0.2, 0) is 11.0 Å². The van der Waals surface area contributed by atoms with Gasteiger partial charge in [0.05, 0.1) is 11.8 Å². The molecule has 11 heteroatoms. The van der Waals surface area contributed by atoms with Crippen molar-refractivity contribution in [3.8, 4) is 23.0 Å². The number of hydrogen-bond donors (Lipinski definition) is 3. The number of carbonyl (C=O) groups excluding carboxylic acids is 2. The first-order chi connectivity index (χ1) is 17.2. The van der Waals surface area contributed by atoms with E-state index in [-0.39, 0.29) is 11.4 Å². The molecule has 0 aliphatic carbocycles. The van der Waals surface area contributed by atoms with Crippen LogP contribution >= 0.6 is 0 Å². The molecule has 0 atom stereocenters. The van der Waals surface area contributed by atoms with E-state index in [1.54, 1.807) is 36.4 Å². The molecule has 4 aromatic rings. The highest BCUT2D eigenvalue weighted by atomic mass is 19.4. The van der Waals surface area contributed by atoms with E-state index in [1.165, 1.54) is 36.7 Å². The predicted molar refractivity (Wildman–Crippen MR) is 126 cm³/mol. The van der Waals surface area contributed by atoms with Crippen LogP contribution in [0.15, 0.2) is 79.1 Å². The van der Waals surface area contributed by atoms with Gasteiger partial charge in [0.2, 0.25) is 5.91 Å². The minimum absolute atomic E-state index is 0.0320. The van der Waals surface area contributed by atoms with Crippen molar-refractivity contribution in [1.82, 2.24) is 15.0 Å². The maximum Gasteiger partial charge on any atom is 0.416 e. The van der Waals surface area contributed by atoms with Crippen LogP contribution in [0.2, 0.25) is 0 Å². The molecule has 4 rings (SSSR count). The molecule has 0 radical (unpaired) electrons. The number of H-pyrrole nitrogens is 1. The van der Waals surface area contributed by atoms with E-state index in [9.17, 15) is 22.8 Å². The molecular weight excluding hydrogens is 475 g/mol. The van der Waals surface area contributed by atoms with Crippen molar-refractivity contribution in [2.24, 2.45) is 5.73 Å². The number of imidazole rings is 1. The van der Waals surface area contributed by atoms with Gasteiger partial charge in [0.15, 0.2) is 5.82 Å². The van der Waals surface area contributed by atoms with Crippen LogP contribution in [0.3, 0.4) is 0 Å². The molecule has 0 bridgehead atoms. The van der Waals surface area contributed by atoms with Crippen molar-refractivity contribution >= 4 is 23.6 Å². The molecule has 0 saturated carbocycles. The lowest BCUT2D eigenvalue weighted by atomic mass is 10.2. The molecule has 8 nitrogen and oxygen atoms in total. The van der Waals surface area contributed by atoms with Gasteiger partial charge in [-0.1, -0.05) is 18.2 Å². The Hall–Kier alpha value is -4.93. The van der Waals surface area contributed by atoms with Crippen LogP contribution in [0, 0.1) is 0 Å². The minimum atomic E-state index is -4.50. The zero-order valence-corrected chi connectivity index (χ0v) is 18.4. The second-order valence-corrected chi connectivity index (χ2v) is 7.46. The SMILES string of the molecule is NC(=O)c1cnc(-c2cc(Oc3cccc(/C=C/C(=O)Nc4cccc(C(F)(F)F)c4)c3)ccn2)[nH]1. The Kier molecular flexibility index (Phi) is 6.81. The van der Waals surface area contributed by atoms with E-state index < -0.39 is 23.6 Å². The lowest BCUT2D eigenvalue weighted by molar-refractivity contribution is -0.137. The molecule has 2 aromatic carbocycles. The number of alkyl halides is 3. The fourth-order valence-corrected chi connectivity index (χ4v) is 3.13. The zero-order chi connectivity index (χ0) is 25.7. The first kappa shape index (κ1) is 24.2. The average molecular weight is 493 g/mol. The van der Waals surface area contributed by atoms with E-state index in [2.05, 4.69) is 20.3 Å². The second-order valence-electron chi connectivity index (χ2n) is 7.46. The van der Waals surface area contributed by atoms with Gasteiger partial charge in [-0.15, -0.1) is 0 Å². The minimum Gasteiger partial charge on any atom is -0.457 e. The third-order valence-electron chi connectivity index (χ3n) is 4.79. The van der Waals surface area contributed by atoms with E-state index in [4.69, 9.17) is 10.5 Å². The first-order valence-corrected chi connectivity index (χ1v) is 10.4. The number of amides is 2. The summed E-state index contributed by atoms with van der Waals surface area (Å²) < 4.78 is 44.4.